The van der Waals surface area contributed by atoms with Crippen LogP contribution in [0, 0.1) is 0 Å². The average molecular weight is 366 g/mol. The van der Waals surface area contributed by atoms with Crippen LogP contribution in [0.25, 0.3) is 0 Å². The van der Waals surface area contributed by atoms with E-state index >= 15 is 0 Å². The molecule has 0 heterocycles. The number of benzene rings is 2. The van der Waals surface area contributed by atoms with Crippen LogP contribution in [0.15, 0.2) is 48.5 Å². The highest BCUT2D eigenvalue weighted by Gasteiger charge is 2.17. The Balaban J connectivity index is 1.97. The van der Waals surface area contributed by atoms with E-state index in [0.717, 1.165) is 0 Å². The van der Waals surface area contributed by atoms with Gasteiger partial charge in [0.15, 0.2) is 15.6 Å². The van der Waals surface area contributed by atoms with E-state index in [2.05, 4.69) is 5.32 Å². The van der Waals surface area contributed by atoms with Crippen molar-refractivity contribution in [1.82, 2.24) is 0 Å². The summed E-state index contributed by atoms with van der Waals surface area (Å²) in [6, 6.07) is 12.7. The fourth-order valence-electron chi connectivity index (χ4n) is 2.07. The van der Waals surface area contributed by atoms with Crippen LogP contribution in [0.1, 0.15) is 22.8 Å². The molecule has 24 heavy (non-hydrogen) atoms. The first-order valence-corrected chi connectivity index (χ1v) is 9.31. The van der Waals surface area contributed by atoms with Gasteiger partial charge in [0.2, 0.25) is 5.91 Å². The number of hydrogen-bond donors (Lipinski definition) is 1. The molecule has 0 bridgehead atoms. The first kappa shape index (κ1) is 18.2. The molecule has 0 aromatic heterocycles. The molecular weight excluding hydrogens is 350 g/mol. The Labute approximate surface area is 145 Å². The lowest BCUT2D eigenvalue weighted by Crippen LogP contribution is -2.24. The molecule has 5 nitrogen and oxygen atoms in total. The molecule has 0 aliphatic heterocycles. The quantitative estimate of drug-likeness (QED) is 0.797. The van der Waals surface area contributed by atoms with E-state index in [1.165, 1.54) is 6.92 Å². The maximum atomic E-state index is 12.1. The molecule has 0 fully saturated rings. The molecule has 0 saturated carbocycles. The van der Waals surface area contributed by atoms with E-state index in [1.54, 1.807) is 48.5 Å². The molecule has 2 rings (SSSR count). The minimum atomic E-state index is -3.60. The number of anilines is 1. The summed E-state index contributed by atoms with van der Waals surface area (Å²) in [7, 11) is -3.60. The van der Waals surface area contributed by atoms with Gasteiger partial charge in [-0.2, -0.15) is 0 Å². The Morgan fingerprint density at radius 1 is 1.00 bits per heavy atom. The van der Waals surface area contributed by atoms with Gasteiger partial charge in [-0.1, -0.05) is 23.7 Å². The van der Waals surface area contributed by atoms with Crippen LogP contribution in [-0.4, -0.2) is 25.9 Å². The fourth-order valence-corrected chi connectivity index (χ4v) is 3.47. The zero-order chi connectivity index (χ0) is 17.7. The number of halogens is 1. The van der Waals surface area contributed by atoms with Gasteiger partial charge in [-0.25, -0.2) is 8.42 Å². The van der Waals surface area contributed by atoms with Gasteiger partial charge in [-0.3, -0.25) is 9.59 Å². The van der Waals surface area contributed by atoms with Crippen molar-refractivity contribution >= 4 is 38.8 Å². The molecule has 7 heteroatoms. The van der Waals surface area contributed by atoms with E-state index in [4.69, 9.17) is 11.6 Å². The lowest BCUT2D eigenvalue weighted by molar-refractivity contribution is -0.113. The van der Waals surface area contributed by atoms with Crippen LogP contribution >= 0.6 is 11.6 Å². The maximum absolute atomic E-state index is 12.1. The van der Waals surface area contributed by atoms with Gasteiger partial charge in [0.25, 0.3) is 0 Å². The highest BCUT2D eigenvalue weighted by Crippen LogP contribution is 2.14. The standard InChI is InChI=1S/C17H16ClNO4S/c1-12(20)14-4-8-16(9-5-14)19-17(21)11-24(22,23)10-13-2-6-15(18)7-3-13/h2-9H,10-11H2,1H3,(H,19,21). The zero-order valence-corrected chi connectivity index (χ0v) is 14.5. The van der Waals surface area contributed by atoms with Crippen molar-refractivity contribution in [2.45, 2.75) is 12.7 Å². The summed E-state index contributed by atoms with van der Waals surface area (Å²) in [6.45, 7) is 1.44. The van der Waals surface area contributed by atoms with Crippen LogP contribution in [0.3, 0.4) is 0 Å². The summed E-state index contributed by atoms with van der Waals surface area (Å²) in [5, 5.41) is 3.03. The third-order valence-electron chi connectivity index (χ3n) is 3.23. The number of nitrogens with one attached hydrogen (secondary N) is 1. The van der Waals surface area contributed by atoms with Gasteiger partial charge in [0, 0.05) is 16.3 Å². The number of carbonyl (C=O) groups excluding carboxylic acids is 2. The van der Waals surface area contributed by atoms with Crippen LogP contribution in [0.2, 0.25) is 5.02 Å². The summed E-state index contributed by atoms with van der Waals surface area (Å²) < 4.78 is 24.2. The van der Waals surface area contributed by atoms with E-state index in [0.29, 0.717) is 21.8 Å². The molecule has 0 spiro atoms. The molecule has 2 aromatic rings. The molecule has 1 amide bonds. The fraction of sp³-hybridized carbons (Fsp3) is 0.176. The highest BCUT2D eigenvalue weighted by atomic mass is 35.5. The van der Waals surface area contributed by atoms with Crippen molar-refractivity contribution < 1.29 is 18.0 Å². The van der Waals surface area contributed by atoms with E-state index in [1.807, 2.05) is 0 Å². The number of carbonyl (C=O) groups is 2. The van der Waals surface area contributed by atoms with E-state index in [9.17, 15) is 18.0 Å². The molecule has 0 aliphatic rings. The minimum Gasteiger partial charge on any atom is -0.325 e. The Kier molecular flexibility index (Phi) is 5.75. The van der Waals surface area contributed by atoms with Gasteiger partial charge < -0.3 is 5.32 Å². The number of sulfone groups is 1. The molecule has 2 aromatic carbocycles. The molecule has 0 aliphatic carbocycles. The van der Waals surface area contributed by atoms with Crippen molar-refractivity contribution in [1.29, 1.82) is 0 Å². The number of Topliss-reactive ketones (excluding diaryl/α,β-unsaturated/α-hetero) is 1. The molecule has 0 unspecified atom stereocenters. The van der Waals surface area contributed by atoms with E-state index < -0.39 is 21.5 Å². The lowest BCUT2D eigenvalue weighted by atomic mass is 10.1. The maximum Gasteiger partial charge on any atom is 0.239 e. The van der Waals surface area contributed by atoms with Crippen LogP contribution in [0.5, 0.6) is 0 Å². The van der Waals surface area contributed by atoms with Gasteiger partial charge in [-0.15, -0.1) is 0 Å². The number of ketones is 1. The molecule has 0 radical (unpaired) electrons. The predicted octanol–water partition coefficient (Wildman–Crippen LogP) is 3.10. The lowest BCUT2D eigenvalue weighted by Gasteiger charge is -2.07. The van der Waals surface area contributed by atoms with Crippen LogP contribution in [0.4, 0.5) is 5.69 Å². The first-order chi connectivity index (χ1) is 11.2. The highest BCUT2D eigenvalue weighted by molar-refractivity contribution is 7.91. The van der Waals surface area contributed by atoms with Crippen molar-refractivity contribution in [3.05, 3.63) is 64.7 Å². The zero-order valence-electron chi connectivity index (χ0n) is 13.0. The molecular formula is C17H16ClNO4S. The first-order valence-electron chi connectivity index (χ1n) is 7.11. The SMILES string of the molecule is CC(=O)c1ccc(NC(=O)CS(=O)(=O)Cc2ccc(Cl)cc2)cc1. The monoisotopic (exact) mass is 365 g/mol. The van der Waals surface area contributed by atoms with Crippen molar-refractivity contribution in [3.8, 4) is 0 Å². The molecule has 0 saturated heterocycles. The smallest absolute Gasteiger partial charge is 0.239 e. The second kappa shape index (κ2) is 7.59. The van der Waals surface area contributed by atoms with Crippen molar-refractivity contribution in [2.24, 2.45) is 0 Å². The number of rotatable bonds is 6. The Morgan fingerprint density at radius 2 is 1.58 bits per heavy atom. The molecule has 126 valence electrons. The van der Waals surface area contributed by atoms with E-state index in [-0.39, 0.29) is 11.5 Å². The Morgan fingerprint density at radius 3 is 2.12 bits per heavy atom. The second-order valence-electron chi connectivity index (χ2n) is 5.34. The van der Waals surface area contributed by atoms with Gasteiger partial charge in [0.05, 0.1) is 5.75 Å². The van der Waals surface area contributed by atoms with Crippen LogP contribution in [-0.2, 0) is 20.4 Å². The molecule has 0 atom stereocenters. The third kappa shape index (κ3) is 5.47. The summed E-state index contributed by atoms with van der Waals surface area (Å²) in [6.07, 6.45) is 0. The van der Waals surface area contributed by atoms with Gasteiger partial charge >= 0.3 is 0 Å². The Bertz CT molecular complexity index is 843. The van der Waals surface area contributed by atoms with Crippen molar-refractivity contribution in [2.75, 3.05) is 11.1 Å². The normalized spacial score (nSPS) is 11.1. The summed E-state index contributed by atoms with van der Waals surface area (Å²) in [5.74, 6) is -1.57. The van der Waals surface area contributed by atoms with Gasteiger partial charge in [-0.05, 0) is 48.9 Å². The summed E-state index contributed by atoms with van der Waals surface area (Å²) in [4.78, 5) is 23.1. The van der Waals surface area contributed by atoms with Crippen LogP contribution < -0.4 is 5.32 Å². The molecule has 1 N–H and O–H groups in total. The summed E-state index contributed by atoms with van der Waals surface area (Å²) in [5.41, 5.74) is 1.52. The topological polar surface area (TPSA) is 80.3 Å². The summed E-state index contributed by atoms with van der Waals surface area (Å²) >= 11 is 5.75. The van der Waals surface area contributed by atoms with Gasteiger partial charge in [0.1, 0.15) is 5.75 Å². The average Bonchev–Trinajstić information content (AvgIpc) is 2.49. The minimum absolute atomic E-state index is 0.0848. The second-order valence-corrected chi connectivity index (χ2v) is 7.84. The number of amides is 1. The number of hydrogen-bond acceptors (Lipinski definition) is 4. The van der Waals surface area contributed by atoms with Crippen molar-refractivity contribution in [3.63, 3.8) is 0 Å². The predicted molar refractivity (Wildman–Crippen MR) is 94.0 cm³/mol. The third-order valence-corrected chi connectivity index (χ3v) is 4.95. The largest absolute Gasteiger partial charge is 0.325 e. The Hall–Kier alpha value is -2.18.